The molecule has 0 spiro atoms. The summed E-state index contributed by atoms with van der Waals surface area (Å²) in [4.78, 5) is 11.7. The first-order valence-electron chi connectivity index (χ1n) is 9.65. The zero-order valence-corrected chi connectivity index (χ0v) is 19.4. The van der Waals surface area contributed by atoms with Gasteiger partial charge in [-0.2, -0.15) is 0 Å². The van der Waals surface area contributed by atoms with Crippen molar-refractivity contribution >= 4 is 35.6 Å². The lowest BCUT2D eigenvalue weighted by molar-refractivity contribution is -0.0163. The van der Waals surface area contributed by atoms with Gasteiger partial charge in [-0.25, -0.2) is 0 Å². The quantitative estimate of drug-likeness (QED) is 0.401. The van der Waals surface area contributed by atoms with Crippen molar-refractivity contribution in [3.05, 3.63) is 29.3 Å². The van der Waals surface area contributed by atoms with Gasteiger partial charge in [0, 0.05) is 58.5 Å². The highest BCUT2D eigenvalue weighted by Gasteiger charge is 2.23. The van der Waals surface area contributed by atoms with Crippen LogP contribution in [0.4, 0.5) is 5.69 Å². The van der Waals surface area contributed by atoms with Crippen molar-refractivity contribution in [3.63, 3.8) is 0 Å². The van der Waals surface area contributed by atoms with E-state index in [4.69, 9.17) is 4.74 Å². The van der Waals surface area contributed by atoms with E-state index in [1.807, 2.05) is 7.05 Å². The molecule has 3 rings (SSSR count). The van der Waals surface area contributed by atoms with E-state index in [2.05, 4.69) is 64.1 Å². The summed E-state index contributed by atoms with van der Waals surface area (Å²) in [6.45, 7) is 12.0. The molecule has 0 aromatic heterocycles. The van der Waals surface area contributed by atoms with E-state index < -0.39 is 0 Å². The van der Waals surface area contributed by atoms with Crippen molar-refractivity contribution in [1.29, 1.82) is 0 Å². The Morgan fingerprint density at radius 2 is 1.93 bits per heavy atom. The Balaban J connectivity index is 0.00000261. The molecule has 1 unspecified atom stereocenters. The number of aryl methyl sites for hydroxylation is 1. The molecule has 1 aromatic rings. The Bertz CT molecular complexity index is 631. The van der Waals surface area contributed by atoms with Gasteiger partial charge in [-0.1, -0.05) is 12.1 Å². The molecule has 0 bridgehead atoms. The zero-order chi connectivity index (χ0) is 18.5. The molecule has 6 nitrogen and oxygen atoms in total. The monoisotopic (exact) mass is 487 g/mol. The Labute approximate surface area is 181 Å². The molecule has 0 aliphatic carbocycles. The first-order chi connectivity index (χ1) is 12.6. The summed E-state index contributed by atoms with van der Waals surface area (Å²) in [7, 11) is 4.02. The smallest absolute Gasteiger partial charge is 0.193 e. The lowest BCUT2D eigenvalue weighted by Crippen LogP contribution is -2.54. The SMILES string of the molecule is CN=C(NCC1CN(C)CCO1)N1CCN(c2cccc(C)c2C)CC1.I. The number of aliphatic imine (C=N–C) groups is 1. The van der Waals surface area contributed by atoms with E-state index in [9.17, 15) is 0 Å². The van der Waals surface area contributed by atoms with Crippen molar-refractivity contribution in [3.8, 4) is 0 Å². The summed E-state index contributed by atoms with van der Waals surface area (Å²) < 4.78 is 5.84. The van der Waals surface area contributed by atoms with Crippen LogP contribution in [0.3, 0.4) is 0 Å². The molecule has 2 aliphatic rings. The molecule has 1 aromatic carbocycles. The Morgan fingerprint density at radius 3 is 2.59 bits per heavy atom. The summed E-state index contributed by atoms with van der Waals surface area (Å²) in [6, 6.07) is 6.58. The van der Waals surface area contributed by atoms with E-state index in [0.29, 0.717) is 0 Å². The maximum atomic E-state index is 5.84. The molecule has 2 saturated heterocycles. The number of guanidine groups is 1. The standard InChI is InChI=1S/C20H33N5O.HI/c1-16-6-5-7-19(17(16)2)24-8-10-25(11-9-24)20(21-3)22-14-18-15-23(4)12-13-26-18;/h5-7,18H,8-15H2,1-4H3,(H,21,22);1H. The van der Waals surface area contributed by atoms with Gasteiger partial charge in [-0.3, -0.25) is 4.99 Å². The summed E-state index contributed by atoms with van der Waals surface area (Å²) in [6.07, 6.45) is 0.238. The second kappa shape index (κ2) is 10.5. The number of nitrogens with zero attached hydrogens (tertiary/aromatic N) is 4. The number of piperazine rings is 1. The van der Waals surface area contributed by atoms with Crippen LogP contribution < -0.4 is 10.2 Å². The van der Waals surface area contributed by atoms with Gasteiger partial charge < -0.3 is 24.8 Å². The van der Waals surface area contributed by atoms with E-state index in [1.165, 1.54) is 16.8 Å². The molecule has 1 atom stereocenters. The molecular formula is C20H34IN5O. The lowest BCUT2D eigenvalue weighted by Gasteiger charge is -2.39. The molecule has 0 radical (unpaired) electrons. The second-order valence-corrected chi connectivity index (χ2v) is 7.38. The van der Waals surface area contributed by atoms with Crippen LogP contribution in [0.5, 0.6) is 0 Å². The Hall–Kier alpha value is -1.06. The molecule has 0 saturated carbocycles. The first-order valence-corrected chi connectivity index (χ1v) is 9.65. The third kappa shape index (κ3) is 5.71. The molecule has 2 fully saturated rings. The molecule has 1 N–H and O–H groups in total. The number of rotatable bonds is 3. The number of nitrogens with one attached hydrogen (secondary N) is 1. The van der Waals surface area contributed by atoms with Crippen molar-refractivity contribution in [2.24, 2.45) is 4.99 Å². The first kappa shape index (κ1) is 22.2. The fraction of sp³-hybridized carbons (Fsp3) is 0.650. The number of ether oxygens (including phenoxy) is 1. The highest BCUT2D eigenvalue weighted by Crippen LogP contribution is 2.23. The minimum Gasteiger partial charge on any atom is -0.374 e. The van der Waals surface area contributed by atoms with Gasteiger partial charge in [-0.15, -0.1) is 24.0 Å². The third-order valence-corrected chi connectivity index (χ3v) is 5.54. The van der Waals surface area contributed by atoms with Crippen LogP contribution >= 0.6 is 24.0 Å². The van der Waals surface area contributed by atoms with Crippen LogP contribution in [0.1, 0.15) is 11.1 Å². The fourth-order valence-electron chi connectivity index (χ4n) is 3.77. The predicted molar refractivity (Wildman–Crippen MR) is 124 cm³/mol. The van der Waals surface area contributed by atoms with Gasteiger partial charge in [0.15, 0.2) is 5.96 Å². The van der Waals surface area contributed by atoms with Gasteiger partial charge in [0.25, 0.3) is 0 Å². The van der Waals surface area contributed by atoms with Gasteiger partial charge in [-0.05, 0) is 38.1 Å². The van der Waals surface area contributed by atoms with Crippen LogP contribution in [0, 0.1) is 13.8 Å². The summed E-state index contributed by atoms with van der Waals surface area (Å²) in [5, 5.41) is 3.51. The molecule has 2 aliphatic heterocycles. The summed E-state index contributed by atoms with van der Waals surface area (Å²) >= 11 is 0. The number of anilines is 1. The fourth-order valence-corrected chi connectivity index (χ4v) is 3.77. The van der Waals surface area contributed by atoms with E-state index in [0.717, 1.165) is 58.4 Å². The average molecular weight is 487 g/mol. The van der Waals surface area contributed by atoms with Gasteiger partial charge >= 0.3 is 0 Å². The van der Waals surface area contributed by atoms with Crippen LogP contribution in [-0.4, -0.2) is 88.4 Å². The van der Waals surface area contributed by atoms with Crippen molar-refractivity contribution in [1.82, 2.24) is 15.1 Å². The Kier molecular flexibility index (Phi) is 8.62. The lowest BCUT2D eigenvalue weighted by atomic mass is 10.1. The zero-order valence-electron chi connectivity index (χ0n) is 17.1. The van der Waals surface area contributed by atoms with Crippen molar-refractivity contribution < 1.29 is 4.74 Å². The van der Waals surface area contributed by atoms with Crippen LogP contribution in [-0.2, 0) is 4.74 Å². The molecular weight excluding hydrogens is 453 g/mol. The number of benzene rings is 1. The molecule has 7 heteroatoms. The largest absolute Gasteiger partial charge is 0.374 e. The molecule has 0 amide bonds. The Morgan fingerprint density at radius 1 is 1.19 bits per heavy atom. The van der Waals surface area contributed by atoms with E-state index in [1.54, 1.807) is 0 Å². The minimum atomic E-state index is 0. The maximum Gasteiger partial charge on any atom is 0.193 e. The topological polar surface area (TPSA) is 43.3 Å². The van der Waals surface area contributed by atoms with Crippen LogP contribution in [0.15, 0.2) is 23.2 Å². The average Bonchev–Trinajstić information content (AvgIpc) is 2.65. The van der Waals surface area contributed by atoms with Crippen molar-refractivity contribution in [2.75, 3.05) is 71.4 Å². The number of hydrogen-bond donors (Lipinski definition) is 1. The van der Waals surface area contributed by atoms with Gasteiger partial charge in [0.2, 0.25) is 0 Å². The third-order valence-electron chi connectivity index (χ3n) is 5.54. The number of likely N-dealkylation sites (N-methyl/N-ethyl adjacent to an activating group) is 1. The number of hydrogen-bond acceptors (Lipinski definition) is 4. The summed E-state index contributed by atoms with van der Waals surface area (Å²) in [5.41, 5.74) is 4.12. The maximum absolute atomic E-state index is 5.84. The molecule has 27 heavy (non-hydrogen) atoms. The normalized spacial score (nSPS) is 21.8. The van der Waals surface area contributed by atoms with Crippen LogP contribution in [0.2, 0.25) is 0 Å². The number of halogens is 1. The number of morpholine rings is 1. The predicted octanol–water partition coefficient (Wildman–Crippen LogP) is 1.95. The van der Waals surface area contributed by atoms with Gasteiger partial charge in [0.1, 0.15) is 0 Å². The minimum absolute atomic E-state index is 0. The molecule has 2 heterocycles. The highest BCUT2D eigenvalue weighted by atomic mass is 127. The van der Waals surface area contributed by atoms with Gasteiger partial charge in [0.05, 0.1) is 12.7 Å². The second-order valence-electron chi connectivity index (χ2n) is 7.38. The summed E-state index contributed by atoms with van der Waals surface area (Å²) in [5.74, 6) is 0.988. The van der Waals surface area contributed by atoms with E-state index in [-0.39, 0.29) is 30.1 Å². The highest BCUT2D eigenvalue weighted by molar-refractivity contribution is 14.0. The van der Waals surface area contributed by atoms with E-state index >= 15 is 0 Å². The molecule has 152 valence electrons. The van der Waals surface area contributed by atoms with Crippen LogP contribution in [0.25, 0.3) is 0 Å². The van der Waals surface area contributed by atoms with Crippen molar-refractivity contribution in [2.45, 2.75) is 20.0 Å².